The van der Waals surface area contributed by atoms with Crippen molar-refractivity contribution in [1.29, 1.82) is 0 Å². The first-order valence-corrected chi connectivity index (χ1v) is 7.63. The summed E-state index contributed by atoms with van der Waals surface area (Å²) in [7, 11) is 1.71. The van der Waals surface area contributed by atoms with Crippen molar-refractivity contribution in [2.75, 3.05) is 26.3 Å². The average molecular weight is 320 g/mol. The SMILES string of the molecule is CC(=O)c1cc(C(=O)N2C[C@H]3COCC[C@@]3(C(=O)O)C2)n(C)c1. The summed E-state index contributed by atoms with van der Waals surface area (Å²) in [4.78, 5) is 37.6. The fourth-order valence-electron chi connectivity index (χ4n) is 3.59. The molecule has 2 atom stereocenters. The number of carboxylic acids is 1. The van der Waals surface area contributed by atoms with Gasteiger partial charge in [0.1, 0.15) is 5.69 Å². The number of Topliss-reactive ketones (excluding diaryl/α,β-unsaturated/α-hetero) is 1. The predicted molar refractivity (Wildman–Crippen MR) is 80.3 cm³/mol. The van der Waals surface area contributed by atoms with Gasteiger partial charge in [-0.05, 0) is 19.4 Å². The number of likely N-dealkylation sites (tertiary alicyclic amines) is 1. The molecular weight excluding hydrogens is 300 g/mol. The van der Waals surface area contributed by atoms with Crippen molar-refractivity contribution in [3.05, 3.63) is 23.5 Å². The molecule has 2 saturated heterocycles. The van der Waals surface area contributed by atoms with Gasteiger partial charge in [0.05, 0.1) is 12.0 Å². The minimum Gasteiger partial charge on any atom is -0.481 e. The number of nitrogens with zero attached hydrogens (tertiary/aromatic N) is 2. The van der Waals surface area contributed by atoms with Gasteiger partial charge in [-0.25, -0.2) is 0 Å². The highest BCUT2D eigenvalue weighted by molar-refractivity contribution is 5.99. The molecule has 2 aliphatic heterocycles. The Morgan fingerprint density at radius 1 is 1.39 bits per heavy atom. The van der Waals surface area contributed by atoms with E-state index in [2.05, 4.69) is 0 Å². The maximum atomic E-state index is 12.8. The Morgan fingerprint density at radius 3 is 2.70 bits per heavy atom. The van der Waals surface area contributed by atoms with E-state index in [9.17, 15) is 19.5 Å². The summed E-state index contributed by atoms with van der Waals surface area (Å²) in [6.07, 6.45) is 2.04. The summed E-state index contributed by atoms with van der Waals surface area (Å²) in [6.45, 7) is 2.78. The number of amides is 1. The molecule has 0 spiro atoms. The average Bonchev–Trinajstić information content (AvgIpc) is 3.08. The first kappa shape index (κ1) is 15.7. The molecule has 0 bridgehead atoms. The minimum atomic E-state index is -0.914. The smallest absolute Gasteiger partial charge is 0.311 e. The minimum absolute atomic E-state index is 0.106. The van der Waals surface area contributed by atoms with Gasteiger partial charge in [0.15, 0.2) is 5.78 Å². The Kier molecular flexibility index (Phi) is 3.75. The summed E-state index contributed by atoms with van der Waals surface area (Å²) in [5, 5.41) is 9.66. The lowest BCUT2D eigenvalue weighted by molar-refractivity contribution is -0.157. The first-order chi connectivity index (χ1) is 10.8. The van der Waals surface area contributed by atoms with Gasteiger partial charge >= 0.3 is 5.97 Å². The van der Waals surface area contributed by atoms with Crippen molar-refractivity contribution < 1.29 is 24.2 Å². The fourth-order valence-corrected chi connectivity index (χ4v) is 3.59. The van der Waals surface area contributed by atoms with E-state index in [4.69, 9.17) is 4.74 Å². The number of ketones is 1. The standard InChI is InChI=1S/C16H20N2O5/c1-10(19)11-5-13(17(2)6-11)14(20)18-7-12-8-23-4-3-16(12,9-18)15(21)22/h5-6,12H,3-4,7-9H2,1-2H3,(H,21,22)/t12-,16+/m0/s1. The lowest BCUT2D eigenvalue weighted by Gasteiger charge is -2.33. The van der Waals surface area contributed by atoms with Crippen LogP contribution in [0.25, 0.3) is 0 Å². The number of carbonyl (C=O) groups excluding carboxylic acids is 2. The Balaban J connectivity index is 1.87. The third-order valence-electron chi connectivity index (χ3n) is 5.05. The van der Waals surface area contributed by atoms with Crippen molar-refractivity contribution in [3.63, 3.8) is 0 Å². The van der Waals surface area contributed by atoms with Crippen molar-refractivity contribution in [2.24, 2.45) is 18.4 Å². The molecule has 0 saturated carbocycles. The van der Waals surface area contributed by atoms with Gasteiger partial charge in [0.2, 0.25) is 0 Å². The lowest BCUT2D eigenvalue weighted by Crippen LogP contribution is -2.45. The molecule has 1 N–H and O–H groups in total. The Hall–Kier alpha value is -2.15. The van der Waals surface area contributed by atoms with E-state index in [-0.39, 0.29) is 24.2 Å². The predicted octanol–water partition coefficient (Wildman–Crippen LogP) is 0.791. The molecule has 124 valence electrons. The maximum absolute atomic E-state index is 12.8. The number of carbonyl (C=O) groups is 3. The Labute approximate surface area is 133 Å². The molecule has 3 rings (SSSR count). The molecule has 2 fully saturated rings. The van der Waals surface area contributed by atoms with Crippen LogP contribution >= 0.6 is 0 Å². The summed E-state index contributed by atoms with van der Waals surface area (Å²) in [5.41, 5.74) is -0.0401. The van der Waals surface area contributed by atoms with Gasteiger partial charge in [-0.15, -0.1) is 0 Å². The van der Waals surface area contributed by atoms with Crippen LogP contribution in [0.5, 0.6) is 0 Å². The third-order valence-corrected chi connectivity index (χ3v) is 5.05. The second-order valence-corrected chi connectivity index (χ2v) is 6.45. The fraction of sp³-hybridized carbons (Fsp3) is 0.562. The number of aliphatic carboxylic acids is 1. The Morgan fingerprint density at radius 2 is 2.13 bits per heavy atom. The second kappa shape index (κ2) is 5.49. The maximum Gasteiger partial charge on any atom is 0.311 e. The van der Waals surface area contributed by atoms with Crippen LogP contribution in [0, 0.1) is 11.3 Å². The highest BCUT2D eigenvalue weighted by Gasteiger charge is 2.55. The lowest BCUT2D eigenvalue weighted by atomic mass is 9.74. The van der Waals surface area contributed by atoms with Gasteiger partial charge in [-0.3, -0.25) is 14.4 Å². The van der Waals surface area contributed by atoms with Crippen LogP contribution in [0.1, 0.15) is 34.2 Å². The molecule has 0 radical (unpaired) electrons. The number of rotatable bonds is 3. The number of aromatic nitrogens is 1. The van der Waals surface area contributed by atoms with Crippen LogP contribution in [0.3, 0.4) is 0 Å². The van der Waals surface area contributed by atoms with E-state index < -0.39 is 11.4 Å². The van der Waals surface area contributed by atoms with Gasteiger partial charge in [0, 0.05) is 44.4 Å². The van der Waals surface area contributed by atoms with Crippen LogP contribution in [0.2, 0.25) is 0 Å². The number of carboxylic acid groups (broad SMARTS) is 1. The summed E-state index contributed by atoms with van der Waals surface area (Å²) < 4.78 is 7.02. The van der Waals surface area contributed by atoms with Crippen LogP contribution in [-0.4, -0.2) is 58.5 Å². The van der Waals surface area contributed by atoms with Crippen molar-refractivity contribution in [2.45, 2.75) is 13.3 Å². The number of hydrogen-bond acceptors (Lipinski definition) is 4. The third kappa shape index (κ3) is 2.45. The van der Waals surface area contributed by atoms with Gasteiger partial charge in [-0.1, -0.05) is 0 Å². The van der Waals surface area contributed by atoms with E-state index in [1.807, 2.05) is 0 Å². The zero-order valence-electron chi connectivity index (χ0n) is 13.2. The largest absolute Gasteiger partial charge is 0.481 e. The highest BCUT2D eigenvalue weighted by Crippen LogP contribution is 2.42. The van der Waals surface area contributed by atoms with Gasteiger partial charge in [0.25, 0.3) is 5.91 Å². The molecule has 0 aliphatic carbocycles. The normalized spacial score (nSPS) is 26.9. The zero-order chi connectivity index (χ0) is 16.8. The number of hydrogen-bond donors (Lipinski definition) is 1. The summed E-state index contributed by atoms with van der Waals surface area (Å²) >= 11 is 0. The zero-order valence-corrected chi connectivity index (χ0v) is 13.2. The summed E-state index contributed by atoms with van der Waals surface area (Å²) in [6, 6.07) is 1.57. The van der Waals surface area contributed by atoms with Crippen LogP contribution in [0.15, 0.2) is 12.3 Å². The van der Waals surface area contributed by atoms with Gasteiger partial charge in [-0.2, -0.15) is 0 Å². The van der Waals surface area contributed by atoms with E-state index >= 15 is 0 Å². The van der Waals surface area contributed by atoms with Gasteiger partial charge < -0.3 is 19.3 Å². The number of aryl methyl sites for hydroxylation is 1. The molecule has 2 aliphatic rings. The second-order valence-electron chi connectivity index (χ2n) is 6.45. The molecule has 7 heteroatoms. The van der Waals surface area contributed by atoms with Crippen molar-refractivity contribution in [1.82, 2.24) is 9.47 Å². The van der Waals surface area contributed by atoms with E-state index in [0.717, 1.165) is 0 Å². The van der Waals surface area contributed by atoms with Crippen LogP contribution in [-0.2, 0) is 16.6 Å². The summed E-state index contributed by atoms with van der Waals surface area (Å²) in [5.74, 6) is -1.40. The monoisotopic (exact) mass is 320 g/mol. The van der Waals surface area contributed by atoms with E-state index in [0.29, 0.717) is 37.4 Å². The first-order valence-electron chi connectivity index (χ1n) is 7.63. The van der Waals surface area contributed by atoms with Crippen LogP contribution in [0.4, 0.5) is 0 Å². The van der Waals surface area contributed by atoms with Crippen molar-refractivity contribution in [3.8, 4) is 0 Å². The molecule has 3 heterocycles. The van der Waals surface area contributed by atoms with Crippen molar-refractivity contribution >= 4 is 17.7 Å². The Bertz CT molecular complexity index is 680. The number of ether oxygens (including phenoxy) is 1. The van der Waals surface area contributed by atoms with E-state index in [1.165, 1.54) is 6.92 Å². The molecule has 1 amide bonds. The molecule has 0 unspecified atom stereocenters. The molecule has 1 aromatic rings. The molecule has 23 heavy (non-hydrogen) atoms. The molecule has 0 aromatic carbocycles. The molecular formula is C16H20N2O5. The molecule has 7 nitrogen and oxygen atoms in total. The number of fused-ring (bicyclic) bond motifs is 1. The molecule has 1 aromatic heterocycles. The quantitative estimate of drug-likeness (QED) is 0.832. The van der Waals surface area contributed by atoms with E-state index in [1.54, 1.807) is 28.8 Å². The van der Waals surface area contributed by atoms with Crippen LogP contribution < -0.4 is 0 Å². The topological polar surface area (TPSA) is 88.8 Å². The highest BCUT2D eigenvalue weighted by atomic mass is 16.5.